The van der Waals surface area contributed by atoms with Crippen LogP contribution in [0.15, 0.2) is 21.9 Å². The molecule has 0 fully saturated rings. The van der Waals surface area contributed by atoms with Gasteiger partial charge < -0.3 is 15.7 Å². The molecule has 2 aromatic rings. The number of halogens is 3. The molecule has 0 unspecified atom stereocenters. The lowest BCUT2D eigenvalue weighted by Gasteiger charge is -2.16. The van der Waals surface area contributed by atoms with Crippen LogP contribution in [0.1, 0.15) is 5.69 Å². The number of nitrogens with zero attached hydrogens (tertiary/aromatic N) is 1. The smallest absolute Gasteiger partial charge is 0.405 e. The van der Waals surface area contributed by atoms with Crippen molar-refractivity contribution in [3.8, 4) is 5.75 Å². The van der Waals surface area contributed by atoms with E-state index < -0.39 is 29.3 Å². The molecule has 0 amide bonds. The van der Waals surface area contributed by atoms with Gasteiger partial charge in [0.05, 0.1) is 17.6 Å². The Kier molecular flexibility index (Phi) is 3.58. The van der Waals surface area contributed by atoms with Crippen LogP contribution in [-0.4, -0.2) is 22.8 Å². The second kappa shape index (κ2) is 5.08. The molecule has 6 nitrogen and oxygen atoms in total. The number of hydrogen-bond donors (Lipinski definition) is 3. The lowest BCUT2D eigenvalue weighted by Crippen LogP contribution is -2.38. The van der Waals surface area contributed by atoms with E-state index in [-0.39, 0.29) is 17.1 Å². The van der Waals surface area contributed by atoms with E-state index in [0.29, 0.717) is 5.69 Å². The fraction of sp³-hybridized carbons (Fsp3) is 0.250. The largest absolute Gasteiger partial charge is 0.506 e. The van der Waals surface area contributed by atoms with Crippen molar-refractivity contribution in [1.82, 2.24) is 4.98 Å². The van der Waals surface area contributed by atoms with Gasteiger partial charge in [0.15, 0.2) is 0 Å². The SMILES string of the molecule is Cc1ncc(Nc2c(NCC(F)(F)F)c(=O)c2=O)cc1O. The maximum Gasteiger partial charge on any atom is 0.405 e. The van der Waals surface area contributed by atoms with Gasteiger partial charge in [-0.05, 0) is 6.92 Å². The second-order valence-electron chi connectivity index (χ2n) is 4.33. The van der Waals surface area contributed by atoms with Gasteiger partial charge in [0.1, 0.15) is 23.7 Å². The first kappa shape index (κ1) is 14.8. The third-order valence-corrected chi connectivity index (χ3v) is 2.71. The number of anilines is 3. The van der Waals surface area contributed by atoms with Gasteiger partial charge in [-0.2, -0.15) is 13.2 Å². The van der Waals surface area contributed by atoms with E-state index in [2.05, 4.69) is 10.3 Å². The predicted octanol–water partition coefficient (Wildman–Crippen LogP) is 1.41. The molecule has 0 saturated carbocycles. The topological polar surface area (TPSA) is 91.3 Å². The second-order valence-corrected chi connectivity index (χ2v) is 4.33. The van der Waals surface area contributed by atoms with Crippen LogP contribution in [0.3, 0.4) is 0 Å². The van der Waals surface area contributed by atoms with Gasteiger partial charge in [-0.25, -0.2) is 0 Å². The van der Waals surface area contributed by atoms with Crippen LogP contribution in [0.5, 0.6) is 5.75 Å². The average Bonchev–Trinajstić information content (AvgIpc) is 2.40. The maximum absolute atomic E-state index is 12.1. The van der Waals surface area contributed by atoms with Crippen molar-refractivity contribution in [1.29, 1.82) is 0 Å². The third kappa shape index (κ3) is 3.12. The summed E-state index contributed by atoms with van der Waals surface area (Å²) in [5.41, 5.74) is -2.14. The van der Waals surface area contributed by atoms with Crippen molar-refractivity contribution in [2.24, 2.45) is 0 Å². The molecule has 2 rings (SSSR count). The summed E-state index contributed by atoms with van der Waals surface area (Å²) in [5.74, 6) is -0.150. The molecule has 1 heterocycles. The van der Waals surface area contributed by atoms with Crippen LogP contribution in [0.4, 0.5) is 30.2 Å². The molecule has 9 heteroatoms. The molecular weight excluding hydrogens is 291 g/mol. The van der Waals surface area contributed by atoms with Crippen LogP contribution in [0.25, 0.3) is 0 Å². The van der Waals surface area contributed by atoms with Crippen molar-refractivity contribution in [2.45, 2.75) is 13.1 Å². The molecular formula is C12H10F3N3O3. The van der Waals surface area contributed by atoms with E-state index in [1.807, 2.05) is 5.32 Å². The number of pyridine rings is 1. The number of aryl methyl sites for hydroxylation is 1. The summed E-state index contributed by atoms with van der Waals surface area (Å²) < 4.78 is 36.3. The summed E-state index contributed by atoms with van der Waals surface area (Å²) >= 11 is 0. The highest BCUT2D eigenvalue weighted by Crippen LogP contribution is 2.25. The first-order valence-electron chi connectivity index (χ1n) is 5.75. The summed E-state index contributed by atoms with van der Waals surface area (Å²) in [6.45, 7) is 0.122. The van der Waals surface area contributed by atoms with E-state index in [4.69, 9.17) is 0 Å². The minimum atomic E-state index is -4.51. The van der Waals surface area contributed by atoms with Crippen molar-refractivity contribution in [3.63, 3.8) is 0 Å². The zero-order chi connectivity index (χ0) is 15.8. The molecule has 0 spiro atoms. The van der Waals surface area contributed by atoms with Crippen molar-refractivity contribution >= 4 is 17.1 Å². The lowest BCUT2D eigenvalue weighted by molar-refractivity contribution is -0.115. The normalized spacial score (nSPS) is 11.6. The molecule has 1 aromatic carbocycles. The Labute approximate surface area is 115 Å². The number of hydrogen-bond acceptors (Lipinski definition) is 6. The van der Waals surface area contributed by atoms with E-state index in [1.54, 1.807) is 6.92 Å². The number of nitrogens with one attached hydrogen (secondary N) is 2. The Bertz CT molecular complexity index is 748. The Hall–Kier alpha value is -2.58. The van der Waals surface area contributed by atoms with Crippen LogP contribution in [-0.2, 0) is 0 Å². The van der Waals surface area contributed by atoms with Crippen LogP contribution < -0.4 is 21.5 Å². The number of aromatic nitrogens is 1. The van der Waals surface area contributed by atoms with E-state index in [0.717, 1.165) is 0 Å². The number of aromatic hydroxyl groups is 1. The van der Waals surface area contributed by atoms with Crippen molar-refractivity contribution in [3.05, 3.63) is 38.4 Å². The first-order valence-corrected chi connectivity index (χ1v) is 5.75. The minimum absolute atomic E-state index is 0.150. The Morgan fingerprint density at radius 2 is 1.86 bits per heavy atom. The summed E-state index contributed by atoms with van der Waals surface area (Å²) in [6.07, 6.45) is -3.24. The van der Waals surface area contributed by atoms with E-state index in [9.17, 15) is 27.9 Å². The van der Waals surface area contributed by atoms with Crippen molar-refractivity contribution < 1.29 is 18.3 Å². The highest BCUT2D eigenvalue weighted by Gasteiger charge is 2.30. The van der Waals surface area contributed by atoms with Crippen molar-refractivity contribution in [2.75, 3.05) is 17.2 Å². The Morgan fingerprint density at radius 3 is 2.43 bits per heavy atom. The molecule has 21 heavy (non-hydrogen) atoms. The van der Waals surface area contributed by atoms with Gasteiger partial charge >= 0.3 is 6.18 Å². The standard InChI is InChI=1S/C12H10F3N3O3/c1-5-7(19)2-6(3-16-5)18-9-8(10(20)11(9)21)17-4-12(13,14)15/h2-3,17-19H,4H2,1H3. The minimum Gasteiger partial charge on any atom is -0.506 e. The highest BCUT2D eigenvalue weighted by atomic mass is 19.4. The summed E-state index contributed by atoms with van der Waals surface area (Å²) in [6, 6.07) is 1.24. The molecule has 0 saturated heterocycles. The van der Waals surface area contributed by atoms with Gasteiger partial charge in [-0.1, -0.05) is 0 Å². The zero-order valence-electron chi connectivity index (χ0n) is 10.7. The van der Waals surface area contributed by atoms with Crippen LogP contribution in [0.2, 0.25) is 0 Å². The molecule has 1 aromatic heterocycles. The molecule has 0 aliphatic carbocycles. The summed E-state index contributed by atoms with van der Waals surface area (Å²) in [4.78, 5) is 26.4. The van der Waals surface area contributed by atoms with Crippen LogP contribution >= 0.6 is 0 Å². The fourth-order valence-corrected chi connectivity index (χ4v) is 1.60. The van der Waals surface area contributed by atoms with E-state index in [1.165, 1.54) is 12.3 Å². The highest BCUT2D eigenvalue weighted by molar-refractivity contribution is 5.78. The quantitative estimate of drug-likeness (QED) is 0.740. The molecule has 0 radical (unpaired) electrons. The fourth-order valence-electron chi connectivity index (χ4n) is 1.60. The van der Waals surface area contributed by atoms with Gasteiger partial charge in [-0.3, -0.25) is 14.6 Å². The van der Waals surface area contributed by atoms with E-state index >= 15 is 0 Å². The first-order chi connectivity index (χ1) is 9.69. The monoisotopic (exact) mass is 301 g/mol. The Balaban J connectivity index is 2.21. The summed E-state index contributed by atoms with van der Waals surface area (Å²) in [5, 5.41) is 13.8. The zero-order valence-corrected chi connectivity index (χ0v) is 10.7. The lowest BCUT2D eigenvalue weighted by atomic mass is 10.2. The third-order valence-electron chi connectivity index (χ3n) is 2.71. The molecule has 0 bridgehead atoms. The van der Waals surface area contributed by atoms with Gasteiger partial charge in [0, 0.05) is 6.07 Å². The molecule has 3 N–H and O–H groups in total. The number of alkyl halides is 3. The molecule has 0 aliphatic heterocycles. The van der Waals surface area contributed by atoms with Crippen LogP contribution in [0, 0.1) is 6.92 Å². The molecule has 0 atom stereocenters. The van der Waals surface area contributed by atoms with Gasteiger partial charge in [0.2, 0.25) is 0 Å². The summed E-state index contributed by atoms with van der Waals surface area (Å²) in [7, 11) is 0. The average molecular weight is 301 g/mol. The predicted molar refractivity (Wildman–Crippen MR) is 69.8 cm³/mol. The molecule has 112 valence electrons. The Morgan fingerprint density at radius 1 is 1.24 bits per heavy atom. The molecule has 0 aliphatic rings. The number of rotatable bonds is 4. The van der Waals surface area contributed by atoms with Gasteiger partial charge in [0.25, 0.3) is 10.9 Å². The maximum atomic E-state index is 12.1. The van der Waals surface area contributed by atoms with Gasteiger partial charge in [-0.15, -0.1) is 0 Å².